The lowest BCUT2D eigenvalue weighted by Gasteiger charge is -2.05. The fourth-order valence-corrected chi connectivity index (χ4v) is 1.53. The lowest BCUT2D eigenvalue weighted by molar-refractivity contribution is 0.627. The van der Waals surface area contributed by atoms with Gasteiger partial charge in [0.05, 0.1) is 0 Å². The summed E-state index contributed by atoms with van der Waals surface area (Å²) >= 11 is 6.01. The third-order valence-electron chi connectivity index (χ3n) is 2.08. The minimum Gasteiger partial charge on any atom is -0.207 e. The zero-order valence-electron chi connectivity index (χ0n) is 8.93. The van der Waals surface area contributed by atoms with Crippen molar-refractivity contribution in [3.8, 4) is 0 Å². The van der Waals surface area contributed by atoms with E-state index in [2.05, 4.69) is 6.92 Å². The fraction of sp³-hybridized carbons (Fsp3) is 0.231. The Bertz CT molecular complexity index is 392. The number of hydrogen-bond donors (Lipinski definition) is 0. The van der Waals surface area contributed by atoms with Crippen LogP contribution in [-0.4, -0.2) is 0 Å². The minimum absolute atomic E-state index is 0.265. The Morgan fingerprint density at radius 1 is 1.47 bits per heavy atom. The third kappa shape index (κ3) is 3.21. The van der Waals surface area contributed by atoms with E-state index in [1.165, 1.54) is 12.1 Å². The van der Waals surface area contributed by atoms with E-state index in [4.69, 9.17) is 11.6 Å². The Morgan fingerprint density at radius 2 is 2.20 bits per heavy atom. The molecule has 0 aliphatic heterocycles. The molecule has 80 valence electrons. The van der Waals surface area contributed by atoms with Crippen molar-refractivity contribution in [1.29, 1.82) is 0 Å². The van der Waals surface area contributed by atoms with Crippen LogP contribution in [0.5, 0.6) is 0 Å². The minimum atomic E-state index is -0.265. The van der Waals surface area contributed by atoms with Gasteiger partial charge in [0.1, 0.15) is 5.82 Å². The van der Waals surface area contributed by atoms with Crippen molar-refractivity contribution in [1.82, 2.24) is 0 Å². The van der Waals surface area contributed by atoms with Gasteiger partial charge in [-0.15, -0.1) is 0 Å². The molecule has 0 atom stereocenters. The van der Waals surface area contributed by atoms with Crippen molar-refractivity contribution in [2.24, 2.45) is 0 Å². The molecular formula is C13H14ClF. The zero-order chi connectivity index (χ0) is 11.3. The zero-order valence-corrected chi connectivity index (χ0v) is 9.68. The van der Waals surface area contributed by atoms with Gasteiger partial charge in [-0.25, -0.2) is 4.39 Å². The van der Waals surface area contributed by atoms with E-state index in [1.807, 2.05) is 25.2 Å². The van der Waals surface area contributed by atoms with Gasteiger partial charge >= 0.3 is 0 Å². The molecule has 0 bridgehead atoms. The van der Waals surface area contributed by atoms with E-state index in [9.17, 15) is 4.39 Å². The summed E-state index contributed by atoms with van der Waals surface area (Å²) in [6.45, 7) is 3.97. The standard InChI is InChI=1S/C13H14ClF/c1-3-5-6-10(4-2)12-9-11(15)7-8-13(12)14/h4-9H,3H2,1-2H3/b6-5-,10-4+. The molecule has 0 saturated carbocycles. The van der Waals surface area contributed by atoms with Crippen molar-refractivity contribution in [3.63, 3.8) is 0 Å². The van der Waals surface area contributed by atoms with E-state index < -0.39 is 0 Å². The largest absolute Gasteiger partial charge is 0.207 e. The van der Waals surface area contributed by atoms with Gasteiger partial charge in [0.25, 0.3) is 0 Å². The van der Waals surface area contributed by atoms with Gasteiger partial charge in [-0.3, -0.25) is 0 Å². The first-order chi connectivity index (χ1) is 7.19. The van der Waals surface area contributed by atoms with Crippen molar-refractivity contribution in [2.45, 2.75) is 20.3 Å². The molecule has 2 heteroatoms. The molecule has 0 amide bonds. The Balaban J connectivity index is 3.12. The highest BCUT2D eigenvalue weighted by Crippen LogP contribution is 2.25. The highest BCUT2D eigenvalue weighted by Gasteiger charge is 2.04. The molecule has 0 spiro atoms. The lowest BCUT2D eigenvalue weighted by atomic mass is 10.0. The summed E-state index contributed by atoms with van der Waals surface area (Å²) < 4.78 is 13.1. The van der Waals surface area contributed by atoms with Gasteiger partial charge in [-0.05, 0) is 37.1 Å². The Labute approximate surface area is 95.1 Å². The number of allylic oxidation sites excluding steroid dienone is 4. The first-order valence-electron chi connectivity index (χ1n) is 4.97. The molecule has 0 radical (unpaired) electrons. The molecular weight excluding hydrogens is 211 g/mol. The van der Waals surface area contributed by atoms with Crippen LogP contribution < -0.4 is 0 Å². The number of halogens is 2. The van der Waals surface area contributed by atoms with Crippen LogP contribution in [0.2, 0.25) is 5.02 Å². The molecule has 15 heavy (non-hydrogen) atoms. The molecule has 0 aromatic heterocycles. The van der Waals surface area contributed by atoms with Crippen molar-refractivity contribution in [2.75, 3.05) is 0 Å². The first-order valence-corrected chi connectivity index (χ1v) is 5.35. The van der Waals surface area contributed by atoms with E-state index in [-0.39, 0.29) is 5.82 Å². The van der Waals surface area contributed by atoms with Crippen LogP contribution in [0.3, 0.4) is 0 Å². The molecule has 1 rings (SSSR count). The predicted octanol–water partition coefficient (Wildman–Crippen LogP) is 4.85. The second kappa shape index (κ2) is 5.72. The highest BCUT2D eigenvalue weighted by atomic mass is 35.5. The Hall–Kier alpha value is -1.08. The summed E-state index contributed by atoms with van der Waals surface area (Å²) in [5, 5.41) is 0.574. The van der Waals surface area contributed by atoms with Gasteiger partial charge in [0.2, 0.25) is 0 Å². The summed E-state index contributed by atoms with van der Waals surface area (Å²) in [6.07, 6.45) is 6.86. The molecule has 1 aromatic carbocycles. The van der Waals surface area contributed by atoms with Crippen molar-refractivity contribution in [3.05, 3.63) is 52.8 Å². The van der Waals surface area contributed by atoms with E-state index in [0.717, 1.165) is 17.6 Å². The average molecular weight is 225 g/mol. The average Bonchev–Trinajstić information content (AvgIpc) is 2.24. The van der Waals surface area contributed by atoms with Crippen LogP contribution in [0.15, 0.2) is 36.4 Å². The summed E-state index contributed by atoms with van der Waals surface area (Å²) in [4.78, 5) is 0. The fourth-order valence-electron chi connectivity index (χ4n) is 1.31. The van der Waals surface area contributed by atoms with Gasteiger partial charge in [-0.1, -0.05) is 36.8 Å². The van der Waals surface area contributed by atoms with Crippen LogP contribution in [-0.2, 0) is 0 Å². The van der Waals surface area contributed by atoms with E-state index in [0.29, 0.717) is 5.02 Å². The predicted molar refractivity (Wildman–Crippen MR) is 64.5 cm³/mol. The van der Waals surface area contributed by atoms with Gasteiger partial charge in [0, 0.05) is 10.6 Å². The molecule has 0 aliphatic rings. The lowest BCUT2D eigenvalue weighted by Crippen LogP contribution is -1.85. The molecule has 0 heterocycles. The van der Waals surface area contributed by atoms with Crippen LogP contribution in [0, 0.1) is 5.82 Å². The second-order valence-corrected chi connectivity index (χ2v) is 3.59. The number of rotatable bonds is 3. The third-order valence-corrected chi connectivity index (χ3v) is 2.41. The molecule has 1 aromatic rings. The molecule has 0 aliphatic carbocycles. The summed E-state index contributed by atoms with van der Waals surface area (Å²) in [5.41, 5.74) is 1.69. The second-order valence-electron chi connectivity index (χ2n) is 3.18. The molecule has 0 unspecified atom stereocenters. The number of hydrogen-bond acceptors (Lipinski definition) is 0. The molecule has 0 fully saturated rings. The van der Waals surface area contributed by atoms with Crippen LogP contribution in [0.4, 0.5) is 4.39 Å². The highest BCUT2D eigenvalue weighted by molar-refractivity contribution is 6.32. The smallest absolute Gasteiger partial charge is 0.123 e. The number of benzene rings is 1. The first kappa shape index (κ1) is 12.0. The van der Waals surface area contributed by atoms with Crippen LogP contribution in [0.1, 0.15) is 25.8 Å². The van der Waals surface area contributed by atoms with Gasteiger partial charge in [-0.2, -0.15) is 0 Å². The van der Waals surface area contributed by atoms with Crippen molar-refractivity contribution >= 4 is 17.2 Å². The van der Waals surface area contributed by atoms with Gasteiger partial charge in [0.15, 0.2) is 0 Å². The monoisotopic (exact) mass is 224 g/mol. The Kier molecular flexibility index (Phi) is 4.57. The maximum atomic E-state index is 13.1. The summed E-state index contributed by atoms with van der Waals surface area (Å²) in [6, 6.07) is 4.40. The maximum absolute atomic E-state index is 13.1. The van der Waals surface area contributed by atoms with Gasteiger partial charge < -0.3 is 0 Å². The van der Waals surface area contributed by atoms with Crippen LogP contribution >= 0.6 is 11.6 Å². The Morgan fingerprint density at radius 3 is 2.80 bits per heavy atom. The van der Waals surface area contributed by atoms with E-state index >= 15 is 0 Å². The molecule has 0 N–H and O–H groups in total. The normalized spacial score (nSPS) is 12.4. The summed E-state index contributed by atoms with van der Waals surface area (Å²) in [5.74, 6) is -0.265. The topological polar surface area (TPSA) is 0 Å². The maximum Gasteiger partial charge on any atom is 0.123 e. The van der Waals surface area contributed by atoms with Crippen LogP contribution in [0.25, 0.3) is 5.57 Å². The molecule has 0 nitrogen and oxygen atoms in total. The SMILES string of the molecule is C/C=C(\C=C/CC)c1cc(F)ccc1Cl. The van der Waals surface area contributed by atoms with Crippen molar-refractivity contribution < 1.29 is 4.39 Å². The molecule has 0 saturated heterocycles. The quantitative estimate of drug-likeness (QED) is 0.644. The van der Waals surface area contributed by atoms with E-state index in [1.54, 1.807) is 6.07 Å². The summed E-state index contributed by atoms with van der Waals surface area (Å²) in [7, 11) is 0.